The highest BCUT2D eigenvalue weighted by atomic mass is 32.2. The number of nitrogens with zero attached hydrogens (tertiary/aromatic N) is 2. The minimum atomic E-state index is -4.01. The van der Waals surface area contributed by atoms with E-state index in [1.807, 2.05) is 50.2 Å². The summed E-state index contributed by atoms with van der Waals surface area (Å²) in [5.41, 5.74) is 7.72. The lowest BCUT2D eigenvalue weighted by atomic mass is 10.0. The molecule has 4 N–H and O–H groups in total. The van der Waals surface area contributed by atoms with Crippen LogP contribution in [0.5, 0.6) is 0 Å². The Morgan fingerprint density at radius 3 is 2.38 bits per heavy atom. The van der Waals surface area contributed by atoms with Gasteiger partial charge in [-0.25, -0.2) is 18.2 Å². The van der Waals surface area contributed by atoms with Gasteiger partial charge in [-0.05, 0) is 35.2 Å². The molecule has 2 atom stereocenters. The van der Waals surface area contributed by atoms with Gasteiger partial charge in [0.05, 0.1) is 27.3 Å². The number of aliphatic hydroxyl groups is 1. The molecule has 1 aromatic heterocycles. The first-order valence-corrected chi connectivity index (χ1v) is 14.8. The molecule has 0 spiro atoms. The molecule has 0 aliphatic heterocycles. The lowest BCUT2D eigenvalue weighted by molar-refractivity contribution is 0.0872. The standard InChI is InChI=1S/C28H32N4O5S2/c1-19(2)16-32(39(35,36)22-13-14-25-23(15-22)30-27(29)38-25)17-24(33)26(21-11-7-4-8-12-21)31-28(34)37-18-20-9-5-3-6-10-20/h3-15,19,24,26,33H,16-18H2,1-2H3,(H2,29,30)(H,31,34)/t24-,26+/m1/s1. The summed E-state index contributed by atoms with van der Waals surface area (Å²) in [6.07, 6.45) is -2.00. The zero-order chi connectivity index (χ0) is 28.0. The molecule has 9 nitrogen and oxygen atoms in total. The largest absolute Gasteiger partial charge is 0.445 e. The third kappa shape index (κ3) is 7.33. The number of thiazole rings is 1. The smallest absolute Gasteiger partial charge is 0.408 e. The van der Waals surface area contributed by atoms with E-state index in [9.17, 15) is 18.3 Å². The number of ether oxygens (including phenoxy) is 1. The number of fused-ring (bicyclic) bond motifs is 1. The van der Waals surface area contributed by atoms with Crippen LogP contribution in [-0.2, 0) is 21.4 Å². The molecule has 0 bridgehead atoms. The van der Waals surface area contributed by atoms with E-state index >= 15 is 0 Å². The van der Waals surface area contributed by atoms with Crippen molar-refractivity contribution in [3.05, 3.63) is 90.0 Å². The molecule has 4 aromatic rings. The number of amides is 1. The van der Waals surface area contributed by atoms with Crippen LogP contribution in [0.4, 0.5) is 9.93 Å². The number of sulfonamides is 1. The number of aromatic nitrogens is 1. The molecule has 0 saturated carbocycles. The molecule has 0 fully saturated rings. The van der Waals surface area contributed by atoms with Crippen molar-refractivity contribution in [1.82, 2.24) is 14.6 Å². The molecule has 0 radical (unpaired) electrons. The summed E-state index contributed by atoms with van der Waals surface area (Å²) in [6.45, 7) is 3.76. The number of carbonyl (C=O) groups is 1. The zero-order valence-electron chi connectivity index (χ0n) is 21.7. The lowest BCUT2D eigenvalue weighted by Gasteiger charge is -2.30. The molecule has 0 unspecified atom stereocenters. The summed E-state index contributed by atoms with van der Waals surface area (Å²) in [6, 6.07) is 21.9. The van der Waals surface area contributed by atoms with Crippen molar-refractivity contribution in [1.29, 1.82) is 0 Å². The number of nitrogens with one attached hydrogen (secondary N) is 1. The van der Waals surface area contributed by atoms with Gasteiger partial charge in [0.2, 0.25) is 10.0 Å². The highest BCUT2D eigenvalue weighted by Crippen LogP contribution is 2.28. The molecule has 1 heterocycles. The molecule has 206 valence electrons. The fourth-order valence-electron chi connectivity index (χ4n) is 4.18. The fourth-order valence-corrected chi connectivity index (χ4v) is 6.54. The Hall–Kier alpha value is -3.51. The third-order valence-corrected chi connectivity index (χ3v) is 8.70. The van der Waals surface area contributed by atoms with Crippen LogP contribution in [-0.4, -0.2) is 48.1 Å². The number of alkyl carbamates (subject to hydrolysis) is 1. The monoisotopic (exact) mass is 568 g/mol. The summed E-state index contributed by atoms with van der Waals surface area (Å²) in [5.74, 6) is -0.0235. The summed E-state index contributed by atoms with van der Waals surface area (Å²) in [5, 5.41) is 14.4. The van der Waals surface area contributed by atoms with Crippen molar-refractivity contribution in [2.45, 2.75) is 37.5 Å². The number of aliphatic hydroxyl groups excluding tert-OH is 1. The van der Waals surface area contributed by atoms with Crippen molar-refractivity contribution >= 4 is 42.8 Å². The SMILES string of the molecule is CC(C)CN(C[C@@H](O)[C@@H](NC(=O)OCc1ccccc1)c1ccccc1)S(=O)(=O)c1ccc2sc(N)nc2c1. The van der Waals surface area contributed by atoms with Gasteiger partial charge in [-0.15, -0.1) is 0 Å². The highest BCUT2D eigenvalue weighted by Gasteiger charge is 2.32. The number of rotatable bonds is 11. The molecule has 0 aliphatic rings. The van der Waals surface area contributed by atoms with Gasteiger partial charge in [0.15, 0.2) is 5.13 Å². The van der Waals surface area contributed by atoms with Gasteiger partial charge >= 0.3 is 6.09 Å². The Morgan fingerprint density at radius 2 is 1.72 bits per heavy atom. The predicted molar refractivity (Wildman–Crippen MR) is 153 cm³/mol. The van der Waals surface area contributed by atoms with E-state index in [4.69, 9.17) is 10.5 Å². The van der Waals surface area contributed by atoms with E-state index < -0.39 is 28.3 Å². The van der Waals surface area contributed by atoms with Crippen LogP contribution >= 0.6 is 11.3 Å². The first kappa shape index (κ1) is 28.5. The topological polar surface area (TPSA) is 135 Å². The van der Waals surface area contributed by atoms with Gasteiger partial charge in [0.1, 0.15) is 6.61 Å². The first-order valence-electron chi connectivity index (χ1n) is 12.5. The maximum absolute atomic E-state index is 13.7. The van der Waals surface area contributed by atoms with Crippen LogP contribution in [0.25, 0.3) is 10.2 Å². The fraction of sp³-hybridized carbons (Fsp3) is 0.286. The van der Waals surface area contributed by atoms with E-state index in [1.54, 1.807) is 30.3 Å². The Labute approximate surface area is 232 Å². The van der Waals surface area contributed by atoms with Crippen molar-refractivity contribution < 1.29 is 23.1 Å². The Balaban J connectivity index is 1.56. The molecule has 39 heavy (non-hydrogen) atoms. The molecule has 0 aliphatic carbocycles. The van der Waals surface area contributed by atoms with Crippen LogP contribution < -0.4 is 11.1 Å². The Bertz CT molecular complexity index is 1490. The summed E-state index contributed by atoms with van der Waals surface area (Å²) < 4.78 is 34.9. The van der Waals surface area contributed by atoms with Gasteiger partial charge in [0, 0.05) is 13.1 Å². The summed E-state index contributed by atoms with van der Waals surface area (Å²) >= 11 is 1.28. The predicted octanol–water partition coefficient (Wildman–Crippen LogP) is 4.55. The van der Waals surface area contributed by atoms with E-state index in [0.717, 1.165) is 10.3 Å². The van der Waals surface area contributed by atoms with E-state index in [1.165, 1.54) is 27.8 Å². The molecular formula is C28H32N4O5S2. The minimum Gasteiger partial charge on any atom is -0.445 e. The van der Waals surface area contributed by atoms with E-state index in [0.29, 0.717) is 16.2 Å². The quantitative estimate of drug-likeness (QED) is 0.242. The molecule has 4 rings (SSSR count). The third-order valence-electron chi connectivity index (χ3n) is 6.00. The van der Waals surface area contributed by atoms with Crippen molar-refractivity contribution in [3.63, 3.8) is 0 Å². The molecule has 0 saturated heterocycles. The van der Waals surface area contributed by atoms with Crippen LogP contribution in [0.1, 0.15) is 31.0 Å². The Kier molecular flexibility index (Phi) is 9.18. The van der Waals surface area contributed by atoms with E-state index in [2.05, 4.69) is 10.3 Å². The molecular weight excluding hydrogens is 536 g/mol. The van der Waals surface area contributed by atoms with Gasteiger partial charge < -0.3 is 20.9 Å². The average Bonchev–Trinajstić information content (AvgIpc) is 3.30. The maximum atomic E-state index is 13.7. The highest BCUT2D eigenvalue weighted by molar-refractivity contribution is 7.89. The average molecular weight is 569 g/mol. The number of hydrogen-bond acceptors (Lipinski definition) is 8. The van der Waals surface area contributed by atoms with Gasteiger partial charge in [0.25, 0.3) is 0 Å². The van der Waals surface area contributed by atoms with Crippen LogP contribution in [0.2, 0.25) is 0 Å². The second-order valence-electron chi connectivity index (χ2n) is 9.56. The number of anilines is 1. The van der Waals surface area contributed by atoms with Crippen LogP contribution in [0, 0.1) is 5.92 Å². The molecule has 11 heteroatoms. The van der Waals surface area contributed by atoms with Crippen molar-refractivity contribution in [2.24, 2.45) is 5.92 Å². The number of hydrogen-bond donors (Lipinski definition) is 3. The molecule has 3 aromatic carbocycles. The minimum absolute atomic E-state index is 0.0235. The van der Waals surface area contributed by atoms with Crippen molar-refractivity contribution in [2.75, 3.05) is 18.8 Å². The second-order valence-corrected chi connectivity index (χ2v) is 12.6. The van der Waals surface area contributed by atoms with Crippen LogP contribution in [0.15, 0.2) is 83.8 Å². The van der Waals surface area contributed by atoms with Gasteiger partial charge in [-0.3, -0.25) is 0 Å². The number of nitrogens with two attached hydrogens (primary N) is 1. The number of nitrogen functional groups attached to an aromatic ring is 1. The lowest BCUT2D eigenvalue weighted by Crippen LogP contribution is -2.45. The maximum Gasteiger partial charge on any atom is 0.408 e. The van der Waals surface area contributed by atoms with E-state index in [-0.39, 0.29) is 30.5 Å². The van der Waals surface area contributed by atoms with Gasteiger partial charge in [-0.1, -0.05) is 85.8 Å². The number of benzene rings is 3. The summed E-state index contributed by atoms with van der Waals surface area (Å²) in [7, 11) is -4.01. The summed E-state index contributed by atoms with van der Waals surface area (Å²) in [4.78, 5) is 17.0. The van der Waals surface area contributed by atoms with Crippen LogP contribution in [0.3, 0.4) is 0 Å². The second kappa shape index (κ2) is 12.6. The molecule has 1 amide bonds. The normalized spacial score (nSPS) is 13.5. The van der Waals surface area contributed by atoms with Gasteiger partial charge in [-0.2, -0.15) is 4.31 Å². The van der Waals surface area contributed by atoms with Crippen molar-refractivity contribution in [3.8, 4) is 0 Å². The first-order chi connectivity index (χ1) is 18.6. The number of carbonyl (C=O) groups excluding carboxylic acids is 1. The zero-order valence-corrected chi connectivity index (χ0v) is 23.4. The Morgan fingerprint density at radius 1 is 1.05 bits per heavy atom.